The minimum atomic E-state index is -0.260. The summed E-state index contributed by atoms with van der Waals surface area (Å²) in [5, 5.41) is 10.3. The quantitative estimate of drug-likeness (QED) is 0.366. The average Bonchev–Trinajstić information content (AvgIpc) is 3.12. The van der Waals surface area contributed by atoms with Crippen molar-refractivity contribution in [2.75, 3.05) is 56.5 Å². The zero-order valence-electron chi connectivity index (χ0n) is 30.4. The average molecular weight is 694 g/mol. The second kappa shape index (κ2) is 14.3. The maximum atomic E-state index is 13.6. The molecule has 3 unspecified atom stereocenters. The molecule has 4 fully saturated rings. The Bertz CT molecular complexity index is 1850. The van der Waals surface area contributed by atoms with Crippen LogP contribution in [-0.2, 0) is 16.6 Å². The number of hydrogen-bond acceptors (Lipinski definition) is 8. The van der Waals surface area contributed by atoms with E-state index in [1.165, 1.54) is 15.9 Å². The van der Waals surface area contributed by atoms with Gasteiger partial charge in [-0.1, -0.05) is 18.2 Å². The summed E-state index contributed by atoms with van der Waals surface area (Å²) in [6.07, 6.45) is 7.91. The molecule has 3 aromatic rings. The second-order valence-corrected chi connectivity index (χ2v) is 15.6. The summed E-state index contributed by atoms with van der Waals surface area (Å²) in [7, 11) is 3.80. The Morgan fingerprint density at radius 1 is 0.922 bits per heavy atom. The van der Waals surface area contributed by atoms with Gasteiger partial charge in [0.2, 0.25) is 11.8 Å². The molecule has 4 aliphatic rings. The first-order chi connectivity index (χ1) is 24.5. The van der Waals surface area contributed by atoms with E-state index >= 15 is 0 Å². The number of carbonyl (C=O) groups is 3. The van der Waals surface area contributed by atoms with E-state index in [9.17, 15) is 19.2 Å². The first-order valence-corrected chi connectivity index (χ1v) is 18.5. The molecule has 2 N–H and O–H groups in total. The summed E-state index contributed by atoms with van der Waals surface area (Å²) in [6, 6.07) is 14.8. The van der Waals surface area contributed by atoms with Crippen LogP contribution >= 0.6 is 0 Å². The molecule has 0 aliphatic carbocycles. The maximum Gasteiger partial charge on any atom is 0.271 e. The summed E-state index contributed by atoms with van der Waals surface area (Å²) >= 11 is 0. The van der Waals surface area contributed by atoms with E-state index < -0.39 is 0 Å². The molecule has 11 nitrogen and oxygen atoms in total. The predicted octanol–water partition coefficient (Wildman–Crippen LogP) is 4.34. The van der Waals surface area contributed by atoms with Gasteiger partial charge in [0.05, 0.1) is 17.8 Å². The molecule has 1 spiro atoms. The highest BCUT2D eigenvalue weighted by molar-refractivity contribution is 6.01. The first kappa shape index (κ1) is 34.9. The van der Waals surface area contributed by atoms with Crippen LogP contribution in [0.25, 0.3) is 0 Å². The third kappa shape index (κ3) is 7.31. The highest BCUT2D eigenvalue weighted by atomic mass is 16.2. The number of likely N-dealkylation sites (tertiary alicyclic amines) is 2. The van der Waals surface area contributed by atoms with E-state index in [1.54, 1.807) is 13.2 Å². The minimum absolute atomic E-state index is 0.0852. The molecule has 4 saturated heterocycles. The van der Waals surface area contributed by atoms with Gasteiger partial charge >= 0.3 is 0 Å². The van der Waals surface area contributed by atoms with Crippen LogP contribution in [0.5, 0.6) is 0 Å². The number of aryl methyl sites for hydroxylation is 2. The molecule has 5 heterocycles. The van der Waals surface area contributed by atoms with Gasteiger partial charge in [0.25, 0.3) is 11.5 Å². The molecule has 4 aliphatic heterocycles. The van der Waals surface area contributed by atoms with Crippen molar-refractivity contribution in [3.8, 4) is 0 Å². The Balaban J connectivity index is 0.911. The van der Waals surface area contributed by atoms with Gasteiger partial charge < -0.3 is 20.0 Å². The molecule has 3 atom stereocenters. The smallest absolute Gasteiger partial charge is 0.271 e. The van der Waals surface area contributed by atoms with Crippen LogP contribution in [0.15, 0.2) is 53.5 Å². The Morgan fingerprint density at radius 3 is 2.31 bits per heavy atom. The fraction of sp³-hybridized carbons (Fsp3) is 0.525. The van der Waals surface area contributed by atoms with Crippen LogP contribution in [0.1, 0.15) is 89.4 Å². The van der Waals surface area contributed by atoms with Crippen LogP contribution in [0.2, 0.25) is 0 Å². The summed E-state index contributed by atoms with van der Waals surface area (Å²) in [6.45, 7) is 9.28. The maximum absolute atomic E-state index is 13.6. The second-order valence-electron chi connectivity index (χ2n) is 15.6. The van der Waals surface area contributed by atoms with E-state index in [1.807, 2.05) is 24.0 Å². The van der Waals surface area contributed by atoms with Crippen LogP contribution < -0.4 is 21.1 Å². The fourth-order valence-corrected chi connectivity index (χ4v) is 8.92. The van der Waals surface area contributed by atoms with Crippen molar-refractivity contribution in [3.63, 3.8) is 0 Å². The Labute approximate surface area is 300 Å². The molecule has 0 bridgehead atoms. The van der Waals surface area contributed by atoms with Crippen LogP contribution in [-0.4, -0.2) is 89.7 Å². The lowest BCUT2D eigenvalue weighted by Crippen LogP contribution is -2.48. The molecule has 270 valence electrons. The Hall–Kier alpha value is -4.51. The van der Waals surface area contributed by atoms with Crippen molar-refractivity contribution >= 4 is 29.1 Å². The minimum Gasteiger partial charge on any atom is -0.379 e. The highest BCUT2D eigenvalue weighted by Crippen LogP contribution is 2.43. The van der Waals surface area contributed by atoms with Crippen molar-refractivity contribution in [2.45, 2.75) is 76.7 Å². The lowest BCUT2D eigenvalue weighted by molar-refractivity contribution is -0.134. The monoisotopic (exact) mass is 693 g/mol. The Morgan fingerprint density at radius 2 is 1.63 bits per heavy atom. The topological polar surface area (TPSA) is 120 Å². The number of piperidine rings is 4. The molecule has 1 aromatic heterocycles. The molecule has 7 rings (SSSR count). The van der Waals surface area contributed by atoms with Crippen molar-refractivity contribution in [2.24, 2.45) is 12.5 Å². The summed E-state index contributed by atoms with van der Waals surface area (Å²) in [4.78, 5) is 56.9. The van der Waals surface area contributed by atoms with Gasteiger partial charge in [0.15, 0.2) is 0 Å². The predicted molar refractivity (Wildman–Crippen MR) is 198 cm³/mol. The zero-order chi connectivity index (χ0) is 35.9. The summed E-state index contributed by atoms with van der Waals surface area (Å²) in [5.41, 5.74) is 6.95. The van der Waals surface area contributed by atoms with Gasteiger partial charge in [-0.25, -0.2) is 4.68 Å². The van der Waals surface area contributed by atoms with E-state index in [-0.39, 0.29) is 40.7 Å². The van der Waals surface area contributed by atoms with E-state index in [0.717, 1.165) is 93.8 Å². The van der Waals surface area contributed by atoms with Crippen molar-refractivity contribution in [1.29, 1.82) is 0 Å². The number of carbonyl (C=O) groups excluding carboxylic acids is 3. The normalized spacial score (nSPS) is 24.0. The van der Waals surface area contributed by atoms with E-state index in [4.69, 9.17) is 0 Å². The Kier molecular flexibility index (Phi) is 9.76. The number of benzene rings is 2. The summed E-state index contributed by atoms with van der Waals surface area (Å²) < 4.78 is 1.36. The number of likely N-dealkylation sites (N-methyl/N-ethyl adjacent to an activating group) is 1. The molecule has 3 amide bonds. The number of nitrogens with zero attached hydrogens (tertiary/aromatic N) is 5. The third-order valence-corrected chi connectivity index (χ3v) is 12.2. The summed E-state index contributed by atoms with van der Waals surface area (Å²) in [5.74, 6) is -0.194. The molecular formula is C40H51N7O4. The molecular weight excluding hydrogens is 642 g/mol. The fourth-order valence-electron chi connectivity index (χ4n) is 8.92. The van der Waals surface area contributed by atoms with Crippen LogP contribution in [0.4, 0.5) is 11.4 Å². The lowest BCUT2D eigenvalue weighted by atomic mass is 9.71. The number of hydrogen-bond donors (Lipinski definition) is 2. The number of anilines is 2. The van der Waals surface area contributed by atoms with Gasteiger partial charge in [-0.05, 0) is 112 Å². The number of aromatic nitrogens is 2. The van der Waals surface area contributed by atoms with Gasteiger partial charge in [-0.2, -0.15) is 5.10 Å². The van der Waals surface area contributed by atoms with Gasteiger partial charge in [-0.3, -0.25) is 24.5 Å². The number of rotatable bonds is 6. The van der Waals surface area contributed by atoms with Crippen LogP contribution in [0.3, 0.4) is 0 Å². The SMILES string of the molecule is Cc1cc(N2CCC3(CCN(C(=O)c4ccc(C5CC(Nc6cnn(C)c(=O)c6C)CN(C)C5)cc4)CC3)CC2)ccc1C1CCC(=O)NC1=O. The van der Waals surface area contributed by atoms with Gasteiger partial charge in [0.1, 0.15) is 0 Å². The number of imide groups is 1. The van der Waals surface area contributed by atoms with Crippen molar-refractivity contribution in [3.05, 3.63) is 86.8 Å². The molecule has 0 saturated carbocycles. The molecule has 51 heavy (non-hydrogen) atoms. The molecule has 2 aromatic carbocycles. The largest absolute Gasteiger partial charge is 0.379 e. The van der Waals surface area contributed by atoms with Gasteiger partial charge in [0, 0.05) is 75.6 Å². The van der Waals surface area contributed by atoms with Gasteiger partial charge in [-0.15, -0.1) is 0 Å². The number of nitrogens with one attached hydrogen (secondary N) is 2. The van der Waals surface area contributed by atoms with Crippen molar-refractivity contribution < 1.29 is 14.4 Å². The van der Waals surface area contributed by atoms with Crippen LogP contribution in [0, 0.1) is 19.3 Å². The molecule has 11 heteroatoms. The first-order valence-electron chi connectivity index (χ1n) is 18.5. The zero-order valence-corrected chi connectivity index (χ0v) is 30.4. The van der Waals surface area contributed by atoms with E-state index in [2.05, 4.69) is 69.8 Å². The third-order valence-electron chi connectivity index (χ3n) is 12.2. The van der Waals surface area contributed by atoms with E-state index in [0.29, 0.717) is 24.3 Å². The highest BCUT2D eigenvalue weighted by Gasteiger charge is 2.39. The number of amides is 3. The standard InChI is InChI=1S/C40H51N7O4/c1-26-21-32(9-10-33(26)34-11-12-36(48)43-37(34)49)46-17-13-40(14-18-46)15-19-47(20-16-40)39(51)29-7-5-28(6-8-29)30-22-31(25-44(3)24-30)42-35-23-41-45(4)38(50)27(35)2/h5-10,21,23,30-31,34,42H,11-20,22,24-25H2,1-4H3,(H,43,48,49). The van der Waals surface area contributed by atoms with Crippen molar-refractivity contribution in [1.82, 2.24) is 24.9 Å². The molecule has 0 radical (unpaired) electrons. The lowest BCUT2D eigenvalue weighted by Gasteiger charge is -2.47.